The lowest BCUT2D eigenvalue weighted by molar-refractivity contribution is 0.606. The van der Waals surface area contributed by atoms with Crippen LogP contribution in [0, 0.1) is 3.57 Å². The number of anilines is 1. The fourth-order valence-corrected chi connectivity index (χ4v) is 3.16. The van der Waals surface area contributed by atoms with Crippen LogP contribution in [0.5, 0.6) is 0 Å². The molecule has 0 fully saturated rings. The molecule has 0 spiro atoms. The van der Waals surface area contributed by atoms with E-state index in [0.717, 1.165) is 26.4 Å². The monoisotopic (exact) mass is 414 g/mol. The highest BCUT2D eigenvalue weighted by molar-refractivity contribution is 14.1. The molecular formula is C14H11IN2O3S. The summed E-state index contributed by atoms with van der Waals surface area (Å²) >= 11 is 2.17. The molecule has 0 aliphatic carbocycles. The Bertz CT molecular complexity index is 919. The van der Waals surface area contributed by atoms with Gasteiger partial charge in [-0.25, -0.2) is 8.42 Å². The van der Waals surface area contributed by atoms with Crippen molar-refractivity contribution in [2.24, 2.45) is 0 Å². The fraction of sp³-hybridized carbons (Fsp3) is 0.0714. The van der Waals surface area contributed by atoms with Crippen LogP contribution in [-0.4, -0.2) is 19.7 Å². The quantitative estimate of drug-likeness (QED) is 0.667. The van der Waals surface area contributed by atoms with Crippen LogP contribution in [0.25, 0.3) is 22.3 Å². The Kier molecular flexibility index (Phi) is 3.62. The topological polar surface area (TPSA) is 72.2 Å². The maximum Gasteiger partial charge on any atom is 0.229 e. The van der Waals surface area contributed by atoms with Gasteiger partial charge in [0.15, 0.2) is 5.58 Å². The molecule has 0 unspecified atom stereocenters. The zero-order chi connectivity index (χ0) is 15.0. The standard InChI is InChI=1S/C14H11IN2O3S/c1-21(18,19)17-11-4-2-3-9(5-11)13-6-10-7-16-8-12(15)14(10)20-13/h2-8,17H,1H3. The van der Waals surface area contributed by atoms with Crippen LogP contribution in [0.4, 0.5) is 5.69 Å². The Balaban J connectivity index is 2.06. The minimum atomic E-state index is -3.30. The lowest BCUT2D eigenvalue weighted by atomic mass is 10.1. The molecule has 5 nitrogen and oxygen atoms in total. The van der Waals surface area contributed by atoms with Crippen LogP contribution < -0.4 is 4.72 Å². The third-order valence-corrected chi connectivity index (χ3v) is 4.20. The predicted molar refractivity (Wildman–Crippen MR) is 90.6 cm³/mol. The number of nitrogens with zero attached hydrogens (tertiary/aromatic N) is 1. The highest BCUT2D eigenvalue weighted by Gasteiger charge is 2.10. The molecule has 21 heavy (non-hydrogen) atoms. The first kappa shape index (κ1) is 14.3. The highest BCUT2D eigenvalue weighted by atomic mass is 127. The van der Waals surface area contributed by atoms with E-state index in [1.165, 1.54) is 0 Å². The zero-order valence-corrected chi connectivity index (χ0v) is 14.0. The molecule has 0 bridgehead atoms. The van der Waals surface area contributed by atoms with Gasteiger partial charge >= 0.3 is 0 Å². The molecule has 0 amide bonds. The molecule has 0 radical (unpaired) electrons. The summed E-state index contributed by atoms with van der Waals surface area (Å²) in [5, 5.41) is 0.915. The Morgan fingerprint density at radius 2 is 2.05 bits per heavy atom. The Labute approximate surface area is 135 Å². The summed E-state index contributed by atoms with van der Waals surface area (Å²) < 4.78 is 31.8. The van der Waals surface area contributed by atoms with Crippen molar-refractivity contribution in [2.75, 3.05) is 11.0 Å². The number of furan rings is 1. The smallest absolute Gasteiger partial charge is 0.229 e. The van der Waals surface area contributed by atoms with Crippen LogP contribution in [0.3, 0.4) is 0 Å². The number of hydrogen-bond donors (Lipinski definition) is 1. The molecular weight excluding hydrogens is 403 g/mol. The number of aromatic nitrogens is 1. The van der Waals surface area contributed by atoms with E-state index >= 15 is 0 Å². The van der Waals surface area contributed by atoms with Gasteiger partial charge in [-0.05, 0) is 40.8 Å². The van der Waals surface area contributed by atoms with Gasteiger partial charge in [-0.2, -0.15) is 0 Å². The van der Waals surface area contributed by atoms with Crippen LogP contribution in [0.1, 0.15) is 0 Å². The van der Waals surface area contributed by atoms with Crippen molar-refractivity contribution in [1.29, 1.82) is 0 Å². The molecule has 3 rings (SSSR count). The largest absolute Gasteiger partial charge is 0.455 e. The van der Waals surface area contributed by atoms with Crippen molar-refractivity contribution in [3.05, 3.63) is 46.3 Å². The summed E-state index contributed by atoms with van der Waals surface area (Å²) in [6.07, 6.45) is 4.59. The average Bonchev–Trinajstić information content (AvgIpc) is 2.82. The first-order valence-electron chi connectivity index (χ1n) is 6.04. The third-order valence-electron chi connectivity index (χ3n) is 2.83. The molecule has 7 heteroatoms. The normalized spacial score (nSPS) is 11.7. The van der Waals surface area contributed by atoms with Crippen LogP contribution in [0.2, 0.25) is 0 Å². The number of fused-ring (bicyclic) bond motifs is 1. The fourth-order valence-electron chi connectivity index (χ4n) is 2.02. The van der Waals surface area contributed by atoms with E-state index in [4.69, 9.17) is 4.42 Å². The SMILES string of the molecule is CS(=O)(=O)Nc1cccc(-c2cc3cncc(I)c3o2)c1. The van der Waals surface area contributed by atoms with Crippen LogP contribution in [0.15, 0.2) is 47.1 Å². The molecule has 0 saturated heterocycles. The number of pyridine rings is 1. The maximum atomic E-state index is 11.3. The minimum Gasteiger partial charge on any atom is -0.455 e. The molecule has 2 aromatic heterocycles. The molecule has 0 aliphatic rings. The average molecular weight is 414 g/mol. The third kappa shape index (κ3) is 3.18. The van der Waals surface area contributed by atoms with Crippen molar-refractivity contribution < 1.29 is 12.8 Å². The van der Waals surface area contributed by atoms with Crippen molar-refractivity contribution in [2.45, 2.75) is 0 Å². The highest BCUT2D eigenvalue weighted by Crippen LogP contribution is 2.31. The predicted octanol–water partition coefficient (Wildman–Crippen LogP) is 3.47. The summed E-state index contributed by atoms with van der Waals surface area (Å²) in [6.45, 7) is 0. The van der Waals surface area contributed by atoms with Gasteiger partial charge in [-0.15, -0.1) is 0 Å². The second-order valence-electron chi connectivity index (χ2n) is 4.61. The molecule has 0 atom stereocenters. The summed E-state index contributed by atoms with van der Waals surface area (Å²) in [4.78, 5) is 4.13. The number of halogens is 1. The van der Waals surface area contributed by atoms with E-state index in [9.17, 15) is 8.42 Å². The van der Waals surface area contributed by atoms with Crippen molar-refractivity contribution in [3.8, 4) is 11.3 Å². The number of nitrogens with one attached hydrogen (secondary N) is 1. The van der Waals surface area contributed by atoms with Crippen LogP contribution >= 0.6 is 22.6 Å². The van der Waals surface area contributed by atoms with Gasteiger partial charge in [-0.3, -0.25) is 9.71 Å². The molecule has 1 N–H and O–H groups in total. The molecule has 1 aromatic carbocycles. The molecule has 0 saturated carbocycles. The van der Waals surface area contributed by atoms with E-state index in [0.29, 0.717) is 11.4 Å². The number of hydrogen-bond acceptors (Lipinski definition) is 4. The summed E-state index contributed by atoms with van der Waals surface area (Å²) in [7, 11) is -3.30. The van der Waals surface area contributed by atoms with Crippen LogP contribution in [-0.2, 0) is 10.0 Å². The summed E-state index contributed by atoms with van der Waals surface area (Å²) in [5.41, 5.74) is 2.08. The first-order valence-corrected chi connectivity index (χ1v) is 9.01. The van der Waals surface area contributed by atoms with Gasteiger partial charge in [0.25, 0.3) is 0 Å². The number of sulfonamides is 1. The first-order chi connectivity index (χ1) is 9.92. The van der Waals surface area contributed by atoms with Gasteiger partial charge in [0.2, 0.25) is 10.0 Å². The Morgan fingerprint density at radius 1 is 1.24 bits per heavy atom. The van der Waals surface area contributed by atoms with E-state index in [1.54, 1.807) is 30.6 Å². The van der Waals surface area contributed by atoms with E-state index in [1.807, 2.05) is 12.1 Å². The summed E-state index contributed by atoms with van der Waals surface area (Å²) in [5.74, 6) is 0.674. The Morgan fingerprint density at radius 3 is 2.76 bits per heavy atom. The van der Waals surface area contributed by atoms with E-state index in [-0.39, 0.29) is 0 Å². The summed E-state index contributed by atoms with van der Waals surface area (Å²) in [6, 6.07) is 8.96. The molecule has 3 aromatic rings. The van der Waals surface area contributed by atoms with Crippen molar-refractivity contribution in [3.63, 3.8) is 0 Å². The van der Waals surface area contributed by atoms with Gasteiger partial charge in [0, 0.05) is 29.0 Å². The minimum absolute atomic E-state index is 0.503. The lowest BCUT2D eigenvalue weighted by Crippen LogP contribution is -2.09. The molecule has 2 heterocycles. The van der Waals surface area contributed by atoms with Gasteiger partial charge in [0.1, 0.15) is 5.76 Å². The van der Waals surface area contributed by atoms with Crippen molar-refractivity contribution in [1.82, 2.24) is 4.98 Å². The number of benzene rings is 1. The number of rotatable bonds is 3. The second-order valence-corrected chi connectivity index (χ2v) is 7.52. The second kappa shape index (κ2) is 5.30. The van der Waals surface area contributed by atoms with Gasteiger partial charge < -0.3 is 4.42 Å². The molecule has 108 valence electrons. The van der Waals surface area contributed by atoms with Gasteiger partial charge in [-0.1, -0.05) is 12.1 Å². The van der Waals surface area contributed by atoms with Gasteiger partial charge in [0.05, 0.1) is 9.83 Å². The van der Waals surface area contributed by atoms with Crippen molar-refractivity contribution >= 4 is 49.3 Å². The maximum absolute atomic E-state index is 11.3. The Hall–Kier alpha value is -1.61. The van der Waals surface area contributed by atoms with E-state index in [2.05, 4.69) is 32.3 Å². The lowest BCUT2D eigenvalue weighted by Gasteiger charge is -2.04. The zero-order valence-electron chi connectivity index (χ0n) is 11.0. The molecule has 0 aliphatic heterocycles. The van der Waals surface area contributed by atoms with E-state index < -0.39 is 10.0 Å².